The molecule has 1 amide bonds. The molecule has 3 heteroatoms. The van der Waals surface area contributed by atoms with E-state index in [1.54, 1.807) is 0 Å². The molecular weight excluding hydrogens is 236 g/mol. The van der Waals surface area contributed by atoms with Crippen molar-refractivity contribution in [3.63, 3.8) is 0 Å². The number of hydrogen-bond acceptors (Lipinski definition) is 2. The maximum atomic E-state index is 11.5. The highest BCUT2D eigenvalue weighted by Crippen LogP contribution is 2.32. The van der Waals surface area contributed by atoms with Crippen LogP contribution in [-0.2, 0) is 10.3 Å². The molecule has 1 atom stereocenters. The summed E-state index contributed by atoms with van der Waals surface area (Å²) in [6.45, 7) is 7.36. The Kier molecular flexibility index (Phi) is 6.03. The van der Waals surface area contributed by atoms with Gasteiger partial charge in [-0.25, -0.2) is 0 Å². The quantitative estimate of drug-likeness (QED) is 0.757. The maximum absolute atomic E-state index is 11.5. The number of benzene rings is 1. The Balaban J connectivity index is 3.12. The molecule has 1 aromatic rings. The predicted octanol–water partition coefficient (Wildman–Crippen LogP) is 2.80. The van der Waals surface area contributed by atoms with Crippen LogP contribution in [0.2, 0.25) is 0 Å². The van der Waals surface area contributed by atoms with Crippen molar-refractivity contribution >= 4 is 5.91 Å². The van der Waals surface area contributed by atoms with Crippen LogP contribution in [0.4, 0.5) is 0 Å². The van der Waals surface area contributed by atoms with E-state index in [9.17, 15) is 4.79 Å². The van der Waals surface area contributed by atoms with Crippen LogP contribution in [0.25, 0.3) is 0 Å². The minimum atomic E-state index is -0.336. The van der Waals surface area contributed by atoms with Gasteiger partial charge in [0, 0.05) is 6.42 Å². The number of nitrogens with one attached hydrogen (secondary N) is 1. The second-order valence-electron chi connectivity index (χ2n) is 5.62. The summed E-state index contributed by atoms with van der Waals surface area (Å²) in [5.41, 5.74) is 6.30. The number of rotatable bonds is 8. The van der Waals surface area contributed by atoms with Crippen LogP contribution in [0.3, 0.4) is 0 Å². The van der Waals surface area contributed by atoms with Gasteiger partial charge in [0.25, 0.3) is 0 Å². The summed E-state index contributed by atoms with van der Waals surface area (Å²) >= 11 is 0. The Morgan fingerprint density at radius 1 is 1.32 bits per heavy atom. The van der Waals surface area contributed by atoms with E-state index in [1.807, 2.05) is 18.2 Å². The fraction of sp³-hybridized carbons (Fsp3) is 0.562. The molecule has 3 N–H and O–H groups in total. The van der Waals surface area contributed by atoms with Crippen molar-refractivity contribution in [1.29, 1.82) is 0 Å². The fourth-order valence-corrected chi connectivity index (χ4v) is 2.64. The number of hydrogen-bond donors (Lipinski definition) is 2. The molecule has 0 spiro atoms. The predicted molar refractivity (Wildman–Crippen MR) is 79.7 cm³/mol. The van der Waals surface area contributed by atoms with Crippen molar-refractivity contribution < 1.29 is 4.79 Å². The fourth-order valence-electron chi connectivity index (χ4n) is 2.64. The Morgan fingerprint density at radius 2 is 1.95 bits per heavy atom. The lowest BCUT2D eigenvalue weighted by atomic mass is 9.79. The molecule has 0 saturated carbocycles. The molecule has 0 radical (unpaired) electrons. The highest BCUT2D eigenvalue weighted by molar-refractivity contribution is 5.75. The van der Waals surface area contributed by atoms with E-state index >= 15 is 0 Å². The van der Waals surface area contributed by atoms with Gasteiger partial charge in [-0.05, 0) is 30.9 Å². The largest absolute Gasteiger partial charge is 0.370 e. The van der Waals surface area contributed by atoms with Crippen LogP contribution in [0, 0.1) is 5.92 Å². The Hall–Kier alpha value is -1.35. The number of carbonyl (C=O) groups excluding carboxylic acids is 1. The summed E-state index contributed by atoms with van der Waals surface area (Å²) in [7, 11) is 0. The molecule has 0 aliphatic heterocycles. The molecule has 0 aliphatic rings. The van der Waals surface area contributed by atoms with Gasteiger partial charge in [-0.3, -0.25) is 4.79 Å². The summed E-state index contributed by atoms with van der Waals surface area (Å²) in [6.07, 6.45) is 2.28. The van der Waals surface area contributed by atoms with Gasteiger partial charge in [-0.2, -0.15) is 0 Å². The van der Waals surface area contributed by atoms with E-state index in [0.29, 0.717) is 12.3 Å². The third kappa shape index (κ3) is 4.67. The second kappa shape index (κ2) is 7.29. The topological polar surface area (TPSA) is 55.1 Å². The molecule has 0 saturated heterocycles. The zero-order chi connectivity index (χ0) is 14.3. The summed E-state index contributed by atoms with van der Waals surface area (Å²) < 4.78 is 0. The van der Waals surface area contributed by atoms with Gasteiger partial charge in [0.15, 0.2) is 0 Å². The molecule has 1 rings (SSSR count). The highest BCUT2D eigenvalue weighted by atomic mass is 16.1. The molecule has 0 fully saturated rings. The lowest BCUT2D eigenvalue weighted by Gasteiger charge is -2.36. The number of amides is 1. The van der Waals surface area contributed by atoms with Crippen LogP contribution in [0.1, 0.15) is 45.6 Å². The first-order valence-corrected chi connectivity index (χ1v) is 7.09. The number of carbonyl (C=O) groups is 1. The molecule has 0 aromatic heterocycles. The third-order valence-electron chi connectivity index (χ3n) is 3.27. The zero-order valence-electron chi connectivity index (χ0n) is 12.3. The smallest absolute Gasteiger partial charge is 0.219 e. The van der Waals surface area contributed by atoms with Gasteiger partial charge in [0.05, 0.1) is 5.54 Å². The molecule has 0 bridgehead atoms. The van der Waals surface area contributed by atoms with E-state index in [1.165, 1.54) is 0 Å². The summed E-state index contributed by atoms with van der Waals surface area (Å²) in [6, 6.07) is 10.2. The van der Waals surface area contributed by atoms with Crippen molar-refractivity contribution in [2.75, 3.05) is 6.54 Å². The molecule has 1 aromatic carbocycles. The standard InChI is InChI=1S/C16H26N2O/c1-4-10-18-16(11-13(2)3,12-15(17)19)14-8-6-5-7-9-14/h5-9,13,18H,4,10-12H2,1-3H3,(H2,17,19). The minimum Gasteiger partial charge on any atom is -0.370 e. The number of nitrogens with two attached hydrogens (primary N) is 1. The van der Waals surface area contributed by atoms with E-state index in [0.717, 1.165) is 24.9 Å². The summed E-state index contributed by atoms with van der Waals surface area (Å²) in [4.78, 5) is 11.5. The summed E-state index contributed by atoms with van der Waals surface area (Å²) in [5, 5.41) is 3.56. The molecule has 0 heterocycles. The third-order valence-corrected chi connectivity index (χ3v) is 3.27. The lowest BCUT2D eigenvalue weighted by Crippen LogP contribution is -2.46. The summed E-state index contributed by atoms with van der Waals surface area (Å²) in [5.74, 6) is 0.233. The van der Waals surface area contributed by atoms with Crippen molar-refractivity contribution in [2.24, 2.45) is 11.7 Å². The first kappa shape index (κ1) is 15.7. The molecular formula is C16H26N2O. The van der Waals surface area contributed by atoms with Gasteiger partial charge in [-0.15, -0.1) is 0 Å². The first-order chi connectivity index (χ1) is 9.00. The zero-order valence-corrected chi connectivity index (χ0v) is 12.3. The van der Waals surface area contributed by atoms with Crippen molar-refractivity contribution in [1.82, 2.24) is 5.32 Å². The van der Waals surface area contributed by atoms with Crippen LogP contribution < -0.4 is 11.1 Å². The second-order valence-corrected chi connectivity index (χ2v) is 5.62. The normalized spacial score (nSPS) is 14.3. The van der Waals surface area contributed by atoms with E-state index in [4.69, 9.17) is 5.73 Å². The van der Waals surface area contributed by atoms with Crippen LogP contribution in [0.5, 0.6) is 0 Å². The Bertz CT molecular complexity index is 389. The van der Waals surface area contributed by atoms with Gasteiger partial charge in [0.1, 0.15) is 0 Å². The number of primary amides is 1. The van der Waals surface area contributed by atoms with Crippen molar-refractivity contribution in [2.45, 2.75) is 45.6 Å². The molecule has 1 unspecified atom stereocenters. The molecule has 106 valence electrons. The van der Waals surface area contributed by atoms with Gasteiger partial charge >= 0.3 is 0 Å². The van der Waals surface area contributed by atoms with E-state index in [2.05, 4.69) is 38.2 Å². The molecule has 0 aliphatic carbocycles. The lowest BCUT2D eigenvalue weighted by molar-refractivity contribution is -0.119. The monoisotopic (exact) mass is 262 g/mol. The first-order valence-electron chi connectivity index (χ1n) is 7.09. The van der Waals surface area contributed by atoms with E-state index < -0.39 is 0 Å². The minimum absolute atomic E-state index is 0.256. The molecule has 3 nitrogen and oxygen atoms in total. The van der Waals surface area contributed by atoms with Crippen LogP contribution in [0.15, 0.2) is 30.3 Å². The van der Waals surface area contributed by atoms with Gasteiger partial charge in [-0.1, -0.05) is 51.1 Å². The molecule has 19 heavy (non-hydrogen) atoms. The van der Waals surface area contributed by atoms with Gasteiger partial charge < -0.3 is 11.1 Å². The van der Waals surface area contributed by atoms with Crippen molar-refractivity contribution in [3.8, 4) is 0 Å². The average molecular weight is 262 g/mol. The average Bonchev–Trinajstić information content (AvgIpc) is 2.35. The van der Waals surface area contributed by atoms with Crippen LogP contribution >= 0.6 is 0 Å². The van der Waals surface area contributed by atoms with Gasteiger partial charge in [0.2, 0.25) is 5.91 Å². The van der Waals surface area contributed by atoms with E-state index in [-0.39, 0.29) is 11.4 Å². The van der Waals surface area contributed by atoms with Crippen molar-refractivity contribution in [3.05, 3.63) is 35.9 Å². The maximum Gasteiger partial charge on any atom is 0.219 e. The SMILES string of the molecule is CCCNC(CC(N)=O)(CC(C)C)c1ccccc1. The Labute approximate surface area is 116 Å². The van der Waals surface area contributed by atoms with Crippen LogP contribution in [-0.4, -0.2) is 12.5 Å². The Morgan fingerprint density at radius 3 is 2.42 bits per heavy atom. The highest BCUT2D eigenvalue weighted by Gasteiger charge is 2.33.